The van der Waals surface area contributed by atoms with Crippen molar-refractivity contribution in [2.75, 3.05) is 7.05 Å². The summed E-state index contributed by atoms with van der Waals surface area (Å²) in [6.07, 6.45) is 0.941. The van der Waals surface area contributed by atoms with Crippen molar-refractivity contribution in [3.63, 3.8) is 0 Å². The van der Waals surface area contributed by atoms with Crippen LogP contribution in [-0.4, -0.2) is 7.05 Å². The van der Waals surface area contributed by atoms with Crippen molar-refractivity contribution in [2.45, 2.75) is 19.4 Å². The van der Waals surface area contributed by atoms with Crippen LogP contribution in [0.1, 0.15) is 22.7 Å². The SMILES string of the molecule is CNC(Cc1cccc(Cl)c1)c1cccc(C)c1I. The molecule has 0 aliphatic carbocycles. The van der Waals surface area contributed by atoms with Crippen LogP contribution < -0.4 is 5.32 Å². The first-order valence-electron chi connectivity index (χ1n) is 6.28. The lowest BCUT2D eigenvalue weighted by molar-refractivity contribution is 0.589. The number of likely N-dealkylation sites (N-methyl/N-ethyl adjacent to an activating group) is 1. The summed E-state index contributed by atoms with van der Waals surface area (Å²) in [5.74, 6) is 0. The monoisotopic (exact) mass is 385 g/mol. The molecule has 0 heterocycles. The van der Waals surface area contributed by atoms with E-state index in [1.165, 1.54) is 20.3 Å². The van der Waals surface area contributed by atoms with Crippen molar-refractivity contribution >= 4 is 34.2 Å². The number of benzene rings is 2. The number of rotatable bonds is 4. The smallest absolute Gasteiger partial charge is 0.0408 e. The first kappa shape index (κ1) is 14.8. The Morgan fingerprint density at radius 2 is 1.95 bits per heavy atom. The third kappa shape index (κ3) is 3.71. The van der Waals surface area contributed by atoms with Crippen LogP contribution >= 0.6 is 34.2 Å². The second-order valence-corrected chi connectivity index (χ2v) is 6.17. The normalized spacial score (nSPS) is 12.4. The van der Waals surface area contributed by atoms with Gasteiger partial charge in [-0.3, -0.25) is 0 Å². The lowest BCUT2D eigenvalue weighted by atomic mass is 9.98. The number of hydrogen-bond acceptors (Lipinski definition) is 1. The molecule has 3 heteroatoms. The lowest BCUT2D eigenvalue weighted by Crippen LogP contribution is -2.20. The second kappa shape index (κ2) is 6.73. The fourth-order valence-electron chi connectivity index (χ4n) is 2.21. The number of halogens is 2. The van der Waals surface area contributed by atoms with Crippen molar-refractivity contribution < 1.29 is 0 Å². The minimum Gasteiger partial charge on any atom is -0.313 e. The van der Waals surface area contributed by atoms with Crippen LogP contribution in [0, 0.1) is 10.5 Å². The van der Waals surface area contributed by atoms with Crippen LogP contribution in [0.25, 0.3) is 0 Å². The third-order valence-corrected chi connectivity index (χ3v) is 4.98. The van der Waals surface area contributed by atoms with Gasteiger partial charge in [0.25, 0.3) is 0 Å². The summed E-state index contributed by atoms with van der Waals surface area (Å²) < 4.78 is 1.33. The van der Waals surface area contributed by atoms with Crippen LogP contribution in [0.15, 0.2) is 42.5 Å². The quantitative estimate of drug-likeness (QED) is 0.749. The van der Waals surface area contributed by atoms with E-state index >= 15 is 0 Å². The van der Waals surface area contributed by atoms with Gasteiger partial charge >= 0.3 is 0 Å². The van der Waals surface area contributed by atoms with Crippen molar-refractivity contribution in [3.05, 3.63) is 67.7 Å². The Hall–Kier alpha value is -0.580. The van der Waals surface area contributed by atoms with E-state index in [4.69, 9.17) is 11.6 Å². The van der Waals surface area contributed by atoms with Gasteiger partial charge in [0.15, 0.2) is 0 Å². The third-order valence-electron chi connectivity index (χ3n) is 3.27. The van der Waals surface area contributed by atoms with Crippen LogP contribution in [-0.2, 0) is 6.42 Å². The molecule has 2 rings (SSSR count). The zero-order valence-electron chi connectivity index (χ0n) is 11.1. The molecule has 1 atom stereocenters. The average molecular weight is 386 g/mol. The van der Waals surface area contributed by atoms with Gasteiger partial charge < -0.3 is 5.32 Å². The van der Waals surface area contributed by atoms with E-state index in [2.05, 4.69) is 59.1 Å². The van der Waals surface area contributed by atoms with Gasteiger partial charge in [0.05, 0.1) is 0 Å². The Morgan fingerprint density at radius 1 is 1.21 bits per heavy atom. The second-order valence-electron chi connectivity index (χ2n) is 4.65. The number of hydrogen-bond donors (Lipinski definition) is 1. The molecule has 1 N–H and O–H groups in total. The molecule has 0 spiro atoms. The zero-order valence-corrected chi connectivity index (χ0v) is 14.0. The molecule has 0 saturated heterocycles. The molecule has 0 aliphatic rings. The number of nitrogens with one attached hydrogen (secondary N) is 1. The van der Waals surface area contributed by atoms with E-state index in [9.17, 15) is 0 Å². The summed E-state index contributed by atoms with van der Waals surface area (Å²) in [4.78, 5) is 0. The van der Waals surface area contributed by atoms with Crippen LogP contribution in [0.3, 0.4) is 0 Å². The standard InChI is InChI=1S/C16H17ClIN/c1-11-5-3-8-14(16(11)18)15(19-2)10-12-6-4-7-13(17)9-12/h3-9,15,19H,10H2,1-2H3. The Bertz CT molecular complexity index is 568. The molecule has 2 aromatic rings. The fourth-order valence-corrected chi connectivity index (χ4v) is 3.15. The van der Waals surface area contributed by atoms with E-state index in [1.54, 1.807) is 0 Å². The Labute approximate surface area is 133 Å². The maximum absolute atomic E-state index is 6.05. The molecule has 0 amide bonds. The van der Waals surface area contributed by atoms with Crippen molar-refractivity contribution in [1.29, 1.82) is 0 Å². The molecule has 19 heavy (non-hydrogen) atoms. The molecule has 100 valence electrons. The van der Waals surface area contributed by atoms with Gasteiger partial charge in [-0.15, -0.1) is 0 Å². The number of aryl methyl sites for hydroxylation is 1. The van der Waals surface area contributed by atoms with E-state index < -0.39 is 0 Å². The van der Waals surface area contributed by atoms with Crippen molar-refractivity contribution in [2.24, 2.45) is 0 Å². The summed E-state index contributed by atoms with van der Waals surface area (Å²) in [6.45, 7) is 2.15. The largest absolute Gasteiger partial charge is 0.313 e. The Morgan fingerprint density at radius 3 is 2.63 bits per heavy atom. The van der Waals surface area contributed by atoms with E-state index in [0.29, 0.717) is 6.04 Å². The molecule has 0 aromatic heterocycles. The van der Waals surface area contributed by atoms with Crippen LogP contribution in [0.2, 0.25) is 5.02 Å². The van der Waals surface area contributed by atoms with Crippen molar-refractivity contribution in [1.82, 2.24) is 5.32 Å². The molecule has 0 aliphatic heterocycles. The molecule has 0 bridgehead atoms. The maximum Gasteiger partial charge on any atom is 0.0408 e. The van der Waals surface area contributed by atoms with Crippen LogP contribution in [0.4, 0.5) is 0 Å². The highest BCUT2D eigenvalue weighted by Gasteiger charge is 2.14. The highest BCUT2D eigenvalue weighted by Crippen LogP contribution is 2.26. The van der Waals surface area contributed by atoms with Gasteiger partial charge in [0, 0.05) is 14.6 Å². The molecule has 1 unspecified atom stereocenters. The predicted molar refractivity (Wildman–Crippen MR) is 90.9 cm³/mol. The van der Waals surface area contributed by atoms with Crippen LogP contribution in [0.5, 0.6) is 0 Å². The summed E-state index contributed by atoms with van der Waals surface area (Å²) in [5.41, 5.74) is 3.93. The molecular formula is C16H17ClIN. The molecule has 0 fully saturated rings. The highest BCUT2D eigenvalue weighted by molar-refractivity contribution is 14.1. The Balaban J connectivity index is 2.28. The van der Waals surface area contributed by atoms with Gasteiger partial charge in [-0.25, -0.2) is 0 Å². The van der Waals surface area contributed by atoms with Gasteiger partial charge in [-0.2, -0.15) is 0 Å². The molecule has 0 saturated carbocycles. The molecule has 1 nitrogen and oxygen atoms in total. The van der Waals surface area contributed by atoms with Gasteiger partial charge in [0.2, 0.25) is 0 Å². The molecule has 2 aromatic carbocycles. The zero-order chi connectivity index (χ0) is 13.8. The average Bonchev–Trinajstić information content (AvgIpc) is 2.40. The lowest BCUT2D eigenvalue weighted by Gasteiger charge is -2.19. The summed E-state index contributed by atoms with van der Waals surface area (Å²) >= 11 is 8.48. The summed E-state index contributed by atoms with van der Waals surface area (Å²) in [5, 5.41) is 4.20. The maximum atomic E-state index is 6.05. The fraction of sp³-hybridized carbons (Fsp3) is 0.250. The molecule has 0 radical (unpaired) electrons. The van der Waals surface area contributed by atoms with E-state index in [0.717, 1.165) is 11.4 Å². The topological polar surface area (TPSA) is 12.0 Å². The van der Waals surface area contributed by atoms with Crippen molar-refractivity contribution in [3.8, 4) is 0 Å². The Kier molecular flexibility index (Phi) is 5.25. The summed E-state index contributed by atoms with van der Waals surface area (Å²) in [6, 6.07) is 14.9. The first-order chi connectivity index (χ1) is 9.11. The summed E-state index contributed by atoms with van der Waals surface area (Å²) in [7, 11) is 2.01. The van der Waals surface area contributed by atoms with E-state index in [-0.39, 0.29) is 0 Å². The predicted octanol–water partition coefficient (Wildman–Crippen LogP) is 4.76. The van der Waals surface area contributed by atoms with Gasteiger partial charge in [0.1, 0.15) is 0 Å². The van der Waals surface area contributed by atoms with E-state index in [1.807, 2.05) is 25.2 Å². The first-order valence-corrected chi connectivity index (χ1v) is 7.74. The molecular weight excluding hydrogens is 369 g/mol. The van der Waals surface area contributed by atoms with Gasteiger partial charge in [-0.1, -0.05) is 41.9 Å². The van der Waals surface area contributed by atoms with Gasteiger partial charge in [-0.05, 0) is 71.8 Å². The minimum absolute atomic E-state index is 0.310. The minimum atomic E-state index is 0.310. The highest BCUT2D eigenvalue weighted by atomic mass is 127.